The first kappa shape index (κ1) is 40.2. The standard InChI is InChI=1S/C42H50N4O4S2/c1-3-49-39-17-13-35(14-18-39)9-11-37-21-29-45(30-22-37)27-5-7-41(47)43-25-33-51-52-34-26-44-42(48)8-6-28-46-31-23-38(24-32-46)12-10-36-15-19-40(20-16-36)50-4-2/h9-24,29-32H,3-8,25-28,33-34H2,1-2H3/p+2. The van der Waals surface area contributed by atoms with Crippen LogP contribution in [0.3, 0.4) is 0 Å². The first-order valence-corrected chi connectivity index (χ1v) is 20.6. The van der Waals surface area contributed by atoms with E-state index in [1.807, 2.05) is 62.4 Å². The summed E-state index contributed by atoms with van der Waals surface area (Å²) in [6.07, 6.45) is 19.1. The summed E-state index contributed by atoms with van der Waals surface area (Å²) in [6.45, 7) is 8.16. The van der Waals surface area contributed by atoms with Crippen molar-refractivity contribution in [2.45, 2.75) is 52.6 Å². The SMILES string of the molecule is CCOc1ccc(C=Cc2cc[n+](CCCC(=O)NCCSSCCNC(=O)CCC[n+]3ccc(C=Cc4ccc(OCC)cc4)cc3)cc2)cc1. The molecule has 2 heterocycles. The molecule has 2 N–H and O–H groups in total. The minimum atomic E-state index is 0.0828. The summed E-state index contributed by atoms with van der Waals surface area (Å²) in [6, 6.07) is 24.4. The maximum atomic E-state index is 12.3. The molecular weight excluding hydrogens is 689 g/mol. The van der Waals surface area contributed by atoms with Gasteiger partial charge in [-0.25, -0.2) is 9.13 Å². The highest BCUT2D eigenvalue weighted by atomic mass is 33.1. The van der Waals surface area contributed by atoms with Crippen molar-refractivity contribution in [3.8, 4) is 11.5 Å². The third-order valence-corrected chi connectivity index (χ3v) is 10.3. The topological polar surface area (TPSA) is 84.4 Å². The molecule has 0 unspecified atom stereocenters. The fourth-order valence-corrected chi connectivity index (χ4v) is 6.94. The zero-order valence-corrected chi connectivity index (χ0v) is 32.0. The third-order valence-electron chi connectivity index (χ3n) is 7.89. The molecular formula is C42H52N4O4S2+2. The molecule has 0 aliphatic carbocycles. The lowest BCUT2D eigenvalue weighted by Crippen LogP contribution is -2.34. The molecule has 0 atom stereocenters. The van der Waals surface area contributed by atoms with Crippen LogP contribution in [0.5, 0.6) is 11.5 Å². The molecule has 2 aromatic carbocycles. The Morgan fingerprint density at radius 1 is 0.558 bits per heavy atom. The summed E-state index contributed by atoms with van der Waals surface area (Å²) < 4.78 is 15.2. The fraction of sp³-hybridized carbons (Fsp3) is 0.333. The molecule has 8 nitrogen and oxygen atoms in total. The smallest absolute Gasteiger partial charge is 0.220 e. The number of hydrogen-bond acceptors (Lipinski definition) is 6. The van der Waals surface area contributed by atoms with Gasteiger partial charge in [-0.1, -0.05) is 70.2 Å². The average molecular weight is 741 g/mol. The van der Waals surface area contributed by atoms with Gasteiger partial charge in [0.2, 0.25) is 11.8 Å². The molecule has 274 valence electrons. The summed E-state index contributed by atoms with van der Waals surface area (Å²) >= 11 is 0. The van der Waals surface area contributed by atoms with Gasteiger partial charge in [0, 0.05) is 74.5 Å². The number of hydrogen-bond donors (Lipinski definition) is 2. The van der Waals surface area contributed by atoms with Crippen LogP contribution >= 0.6 is 21.6 Å². The first-order chi connectivity index (χ1) is 25.5. The monoisotopic (exact) mass is 740 g/mol. The van der Waals surface area contributed by atoms with E-state index < -0.39 is 0 Å². The molecule has 52 heavy (non-hydrogen) atoms. The van der Waals surface area contributed by atoms with E-state index in [0.717, 1.165) is 71.2 Å². The highest BCUT2D eigenvalue weighted by Gasteiger charge is 2.07. The first-order valence-electron chi connectivity index (χ1n) is 18.1. The van der Waals surface area contributed by atoms with Crippen LogP contribution in [-0.2, 0) is 22.7 Å². The molecule has 0 radical (unpaired) electrons. The van der Waals surface area contributed by atoms with Gasteiger partial charge < -0.3 is 20.1 Å². The van der Waals surface area contributed by atoms with Crippen molar-refractivity contribution in [3.05, 3.63) is 120 Å². The molecule has 0 aliphatic rings. The van der Waals surface area contributed by atoms with Crippen molar-refractivity contribution >= 4 is 57.7 Å². The van der Waals surface area contributed by atoms with Crippen LogP contribution in [0.2, 0.25) is 0 Å². The second-order valence-electron chi connectivity index (χ2n) is 12.0. The fourth-order valence-electron chi connectivity index (χ4n) is 5.13. The lowest BCUT2D eigenvalue weighted by atomic mass is 10.1. The van der Waals surface area contributed by atoms with E-state index in [1.54, 1.807) is 21.6 Å². The number of nitrogens with one attached hydrogen (secondary N) is 2. The third kappa shape index (κ3) is 16.2. The van der Waals surface area contributed by atoms with E-state index in [4.69, 9.17) is 9.47 Å². The van der Waals surface area contributed by atoms with Crippen molar-refractivity contribution < 1.29 is 28.2 Å². The van der Waals surface area contributed by atoms with Gasteiger partial charge in [0.05, 0.1) is 13.2 Å². The van der Waals surface area contributed by atoms with Crippen molar-refractivity contribution in [2.24, 2.45) is 0 Å². The van der Waals surface area contributed by atoms with Crippen LogP contribution in [-0.4, -0.2) is 49.6 Å². The van der Waals surface area contributed by atoms with Crippen molar-refractivity contribution in [3.63, 3.8) is 0 Å². The highest BCUT2D eigenvalue weighted by Crippen LogP contribution is 2.19. The summed E-state index contributed by atoms with van der Waals surface area (Å²) in [4.78, 5) is 24.5. The number of nitrogens with zero attached hydrogens (tertiary/aromatic N) is 2. The minimum Gasteiger partial charge on any atom is -0.494 e. The Labute approximate surface area is 317 Å². The molecule has 10 heteroatoms. The molecule has 4 rings (SSSR count). The zero-order chi connectivity index (χ0) is 36.6. The van der Waals surface area contributed by atoms with Gasteiger partial charge in [0.25, 0.3) is 0 Å². The van der Waals surface area contributed by atoms with Gasteiger partial charge >= 0.3 is 0 Å². The van der Waals surface area contributed by atoms with Crippen molar-refractivity contribution in [1.29, 1.82) is 0 Å². The normalized spacial score (nSPS) is 11.2. The van der Waals surface area contributed by atoms with Gasteiger partial charge in [-0.05, 0) is 60.4 Å². The average Bonchev–Trinajstić information content (AvgIpc) is 3.16. The zero-order valence-electron chi connectivity index (χ0n) is 30.4. The Morgan fingerprint density at radius 2 is 0.904 bits per heavy atom. The Balaban J connectivity index is 0.961. The maximum absolute atomic E-state index is 12.3. The van der Waals surface area contributed by atoms with Gasteiger partial charge in [-0.3, -0.25) is 9.59 Å². The summed E-state index contributed by atoms with van der Waals surface area (Å²) in [5, 5.41) is 6.02. The predicted molar refractivity (Wildman–Crippen MR) is 216 cm³/mol. The van der Waals surface area contributed by atoms with Gasteiger partial charge in [0.15, 0.2) is 24.8 Å². The Hall–Kier alpha value is -4.54. The maximum Gasteiger partial charge on any atom is 0.220 e. The van der Waals surface area contributed by atoms with Crippen LogP contribution in [0.15, 0.2) is 97.6 Å². The van der Waals surface area contributed by atoms with Crippen LogP contribution in [0.25, 0.3) is 24.3 Å². The van der Waals surface area contributed by atoms with Crippen LogP contribution < -0.4 is 29.2 Å². The molecule has 0 saturated heterocycles. The molecule has 0 saturated carbocycles. The Morgan fingerprint density at radius 3 is 1.25 bits per heavy atom. The van der Waals surface area contributed by atoms with Crippen molar-refractivity contribution in [1.82, 2.24) is 10.6 Å². The van der Waals surface area contributed by atoms with Gasteiger partial charge in [-0.15, -0.1) is 0 Å². The number of pyridine rings is 2. The van der Waals surface area contributed by atoms with Gasteiger partial charge in [0.1, 0.15) is 24.6 Å². The van der Waals surface area contributed by atoms with Gasteiger partial charge in [-0.2, -0.15) is 0 Å². The number of rotatable bonds is 23. The Bertz CT molecular complexity index is 1550. The Kier molecular flexibility index (Phi) is 18.4. The number of aromatic nitrogens is 2. The molecule has 0 fully saturated rings. The van der Waals surface area contributed by atoms with E-state index in [0.29, 0.717) is 39.1 Å². The molecule has 2 amide bonds. The lowest BCUT2D eigenvalue weighted by Gasteiger charge is -2.06. The minimum absolute atomic E-state index is 0.0828. The van der Waals surface area contributed by atoms with Crippen molar-refractivity contribution in [2.75, 3.05) is 37.8 Å². The summed E-state index contributed by atoms with van der Waals surface area (Å²) in [5.74, 6) is 3.59. The van der Waals surface area contributed by atoms with E-state index in [9.17, 15) is 9.59 Å². The van der Waals surface area contributed by atoms with E-state index in [2.05, 4.69) is 93.1 Å². The summed E-state index contributed by atoms with van der Waals surface area (Å²) in [7, 11) is 3.43. The molecule has 0 spiro atoms. The van der Waals surface area contributed by atoms with Crippen LogP contribution in [0, 0.1) is 0 Å². The number of amides is 2. The number of aryl methyl sites for hydroxylation is 2. The number of carbonyl (C=O) groups excluding carboxylic acids is 2. The molecule has 0 bridgehead atoms. The molecule has 2 aromatic heterocycles. The number of carbonyl (C=O) groups is 2. The number of ether oxygens (including phenoxy) is 2. The highest BCUT2D eigenvalue weighted by molar-refractivity contribution is 8.76. The van der Waals surface area contributed by atoms with E-state index >= 15 is 0 Å². The van der Waals surface area contributed by atoms with E-state index in [1.165, 1.54) is 0 Å². The summed E-state index contributed by atoms with van der Waals surface area (Å²) in [5.41, 5.74) is 4.49. The quantitative estimate of drug-likeness (QED) is 0.0473. The molecule has 4 aromatic rings. The predicted octanol–water partition coefficient (Wildman–Crippen LogP) is 7.27. The second kappa shape index (κ2) is 23.8. The second-order valence-corrected chi connectivity index (χ2v) is 14.7. The lowest BCUT2D eigenvalue weighted by molar-refractivity contribution is -0.697. The van der Waals surface area contributed by atoms with Crippen LogP contribution in [0.4, 0.5) is 0 Å². The largest absolute Gasteiger partial charge is 0.494 e. The van der Waals surface area contributed by atoms with E-state index in [-0.39, 0.29) is 11.8 Å². The number of benzene rings is 2. The van der Waals surface area contributed by atoms with Crippen LogP contribution in [0.1, 0.15) is 61.8 Å². The molecule has 0 aliphatic heterocycles.